The number of hydrogen-bond acceptors (Lipinski definition) is 8. The average Bonchev–Trinajstić information content (AvgIpc) is 3.32. The van der Waals surface area contributed by atoms with Gasteiger partial charge in [0.05, 0.1) is 19.9 Å². The van der Waals surface area contributed by atoms with E-state index >= 15 is 0 Å². The van der Waals surface area contributed by atoms with Crippen molar-refractivity contribution < 1.29 is 28.6 Å². The summed E-state index contributed by atoms with van der Waals surface area (Å²) in [5, 5.41) is 7.49. The van der Waals surface area contributed by atoms with Crippen molar-refractivity contribution in [3.05, 3.63) is 42.2 Å². The first-order valence-corrected chi connectivity index (χ1v) is 11.2. The van der Waals surface area contributed by atoms with Crippen molar-refractivity contribution in [3.63, 3.8) is 0 Å². The van der Waals surface area contributed by atoms with Crippen LogP contribution in [0.1, 0.15) is 30.3 Å². The van der Waals surface area contributed by atoms with Gasteiger partial charge in [0.25, 0.3) is 11.8 Å². The van der Waals surface area contributed by atoms with Gasteiger partial charge in [0.15, 0.2) is 29.4 Å². The molecule has 1 N–H and O–H groups in total. The van der Waals surface area contributed by atoms with Gasteiger partial charge in [0, 0.05) is 43.9 Å². The van der Waals surface area contributed by atoms with E-state index < -0.39 is 5.97 Å². The third-order valence-corrected chi connectivity index (χ3v) is 5.85. The van der Waals surface area contributed by atoms with Crippen LogP contribution in [0.3, 0.4) is 0 Å². The van der Waals surface area contributed by atoms with Crippen molar-refractivity contribution in [2.75, 3.05) is 33.9 Å². The SMILES string of the molecule is COc1ccc(-c2ccnc3cc(C(=O)NC4CCN(C(=O)COC(C)=O)CC4)nn23)cc1OC. The van der Waals surface area contributed by atoms with Gasteiger partial charge in [-0.1, -0.05) is 0 Å². The van der Waals surface area contributed by atoms with Crippen molar-refractivity contribution in [1.82, 2.24) is 24.8 Å². The average molecular weight is 482 g/mol. The number of hydrogen-bond donors (Lipinski definition) is 1. The van der Waals surface area contributed by atoms with Crippen LogP contribution in [0.25, 0.3) is 16.9 Å². The molecule has 3 heterocycles. The molecule has 0 spiro atoms. The maximum atomic E-state index is 12.9. The van der Waals surface area contributed by atoms with E-state index in [4.69, 9.17) is 14.2 Å². The Bertz CT molecular complexity index is 1250. The van der Waals surface area contributed by atoms with E-state index in [2.05, 4.69) is 15.4 Å². The highest BCUT2D eigenvalue weighted by Crippen LogP contribution is 2.32. The molecule has 1 fully saturated rings. The topological polar surface area (TPSA) is 124 Å². The number of carbonyl (C=O) groups excluding carboxylic acids is 3. The molecule has 2 aromatic heterocycles. The van der Waals surface area contributed by atoms with Crippen LogP contribution in [0.15, 0.2) is 36.5 Å². The predicted octanol–water partition coefficient (Wildman–Crippen LogP) is 1.70. The molecule has 184 valence electrons. The fraction of sp³-hybridized carbons (Fsp3) is 0.375. The fourth-order valence-electron chi connectivity index (χ4n) is 4.01. The summed E-state index contributed by atoms with van der Waals surface area (Å²) < 4.78 is 17.1. The van der Waals surface area contributed by atoms with Gasteiger partial charge in [-0.15, -0.1) is 0 Å². The Morgan fingerprint density at radius 1 is 1.06 bits per heavy atom. The number of esters is 1. The Kier molecular flexibility index (Phi) is 7.14. The van der Waals surface area contributed by atoms with Crippen LogP contribution < -0.4 is 14.8 Å². The van der Waals surface area contributed by atoms with E-state index in [-0.39, 0.29) is 30.2 Å². The van der Waals surface area contributed by atoms with Gasteiger partial charge in [-0.25, -0.2) is 9.50 Å². The highest BCUT2D eigenvalue weighted by atomic mass is 16.5. The van der Waals surface area contributed by atoms with Crippen molar-refractivity contribution in [2.45, 2.75) is 25.8 Å². The van der Waals surface area contributed by atoms with Gasteiger partial charge >= 0.3 is 5.97 Å². The van der Waals surface area contributed by atoms with Gasteiger partial charge in [-0.05, 0) is 37.1 Å². The molecule has 3 aromatic rings. The second-order valence-corrected chi connectivity index (χ2v) is 8.11. The standard InChI is InChI=1S/C24H27N5O6/c1-15(30)35-14-23(31)28-10-7-17(8-11-28)26-24(32)18-13-22-25-9-6-19(29(22)27-18)16-4-5-20(33-2)21(12-16)34-3/h4-6,9,12-13,17H,7-8,10-11,14H2,1-3H3,(H,26,32). The lowest BCUT2D eigenvalue weighted by Gasteiger charge is -2.32. The maximum Gasteiger partial charge on any atom is 0.303 e. The predicted molar refractivity (Wildman–Crippen MR) is 125 cm³/mol. The summed E-state index contributed by atoms with van der Waals surface area (Å²) in [6.07, 6.45) is 2.85. The molecule has 0 saturated carbocycles. The molecule has 11 heteroatoms. The van der Waals surface area contributed by atoms with Crippen LogP contribution in [0, 0.1) is 0 Å². The maximum absolute atomic E-state index is 12.9. The Morgan fingerprint density at radius 3 is 2.49 bits per heavy atom. The molecule has 4 rings (SSSR count). The molecule has 2 amide bonds. The van der Waals surface area contributed by atoms with E-state index in [0.717, 1.165) is 11.3 Å². The van der Waals surface area contributed by atoms with Gasteiger partial charge < -0.3 is 24.4 Å². The first kappa shape index (κ1) is 24.0. The molecule has 1 aromatic carbocycles. The fourth-order valence-corrected chi connectivity index (χ4v) is 4.01. The van der Waals surface area contributed by atoms with Crippen LogP contribution >= 0.6 is 0 Å². The van der Waals surface area contributed by atoms with E-state index in [1.165, 1.54) is 6.92 Å². The number of methoxy groups -OCH3 is 2. The van der Waals surface area contributed by atoms with E-state index in [9.17, 15) is 14.4 Å². The molecule has 0 atom stereocenters. The van der Waals surface area contributed by atoms with Crippen molar-refractivity contribution >= 4 is 23.4 Å². The lowest BCUT2D eigenvalue weighted by molar-refractivity contribution is -0.150. The first-order chi connectivity index (χ1) is 16.9. The number of nitrogens with zero attached hydrogens (tertiary/aromatic N) is 4. The zero-order chi connectivity index (χ0) is 24.9. The Hall–Kier alpha value is -4.15. The number of ether oxygens (including phenoxy) is 3. The van der Waals surface area contributed by atoms with E-state index in [1.807, 2.05) is 18.2 Å². The molecule has 1 aliphatic rings. The molecule has 0 radical (unpaired) electrons. The van der Waals surface area contributed by atoms with E-state index in [0.29, 0.717) is 43.1 Å². The third-order valence-electron chi connectivity index (χ3n) is 5.85. The zero-order valence-electron chi connectivity index (χ0n) is 19.8. The number of fused-ring (bicyclic) bond motifs is 1. The zero-order valence-corrected chi connectivity index (χ0v) is 19.8. The summed E-state index contributed by atoms with van der Waals surface area (Å²) in [5.41, 5.74) is 2.36. The van der Waals surface area contributed by atoms with Gasteiger partial charge in [0.2, 0.25) is 0 Å². The largest absolute Gasteiger partial charge is 0.493 e. The lowest BCUT2D eigenvalue weighted by Crippen LogP contribution is -2.47. The monoisotopic (exact) mass is 481 g/mol. The minimum Gasteiger partial charge on any atom is -0.493 e. The highest BCUT2D eigenvalue weighted by molar-refractivity contribution is 5.93. The summed E-state index contributed by atoms with van der Waals surface area (Å²) in [7, 11) is 3.14. The van der Waals surface area contributed by atoms with Crippen molar-refractivity contribution in [1.29, 1.82) is 0 Å². The van der Waals surface area contributed by atoms with E-state index in [1.54, 1.807) is 42.0 Å². The number of likely N-dealkylation sites (tertiary alicyclic amines) is 1. The second kappa shape index (κ2) is 10.4. The second-order valence-electron chi connectivity index (χ2n) is 8.11. The summed E-state index contributed by atoms with van der Waals surface area (Å²) >= 11 is 0. The summed E-state index contributed by atoms with van der Waals surface area (Å²) in [4.78, 5) is 41.9. The quantitative estimate of drug-likeness (QED) is 0.506. The number of nitrogens with one attached hydrogen (secondary N) is 1. The minimum absolute atomic E-state index is 0.0941. The van der Waals surface area contributed by atoms with Gasteiger partial charge in [-0.3, -0.25) is 14.4 Å². The molecular formula is C24H27N5O6. The Morgan fingerprint density at radius 2 is 1.80 bits per heavy atom. The van der Waals surface area contributed by atoms with Gasteiger partial charge in [0.1, 0.15) is 0 Å². The number of carbonyl (C=O) groups is 3. The molecular weight excluding hydrogens is 454 g/mol. The van der Waals surface area contributed by atoms with Crippen LogP contribution in [0.2, 0.25) is 0 Å². The Labute approximate surface area is 202 Å². The van der Waals surface area contributed by atoms with Crippen LogP contribution in [0.4, 0.5) is 0 Å². The molecule has 11 nitrogen and oxygen atoms in total. The number of aromatic nitrogens is 3. The summed E-state index contributed by atoms with van der Waals surface area (Å²) in [6.45, 7) is 1.95. The molecule has 0 unspecified atom stereocenters. The summed E-state index contributed by atoms with van der Waals surface area (Å²) in [6, 6.07) is 8.88. The number of amides is 2. The van der Waals surface area contributed by atoms with Crippen molar-refractivity contribution in [2.24, 2.45) is 0 Å². The normalized spacial score (nSPS) is 14.0. The molecule has 1 saturated heterocycles. The molecule has 0 bridgehead atoms. The smallest absolute Gasteiger partial charge is 0.303 e. The van der Waals surface area contributed by atoms with Crippen LogP contribution in [0.5, 0.6) is 11.5 Å². The lowest BCUT2D eigenvalue weighted by atomic mass is 10.0. The molecule has 0 aliphatic carbocycles. The molecule has 1 aliphatic heterocycles. The molecule has 35 heavy (non-hydrogen) atoms. The Balaban J connectivity index is 1.45. The third kappa shape index (κ3) is 5.34. The first-order valence-electron chi connectivity index (χ1n) is 11.2. The van der Waals surface area contributed by atoms with Gasteiger partial charge in [-0.2, -0.15) is 5.10 Å². The number of rotatable bonds is 7. The minimum atomic E-state index is -0.489. The number of piperidine rings is 1. The summed E-state index contributed by atoms with van der Waals surface area (Å²) in [5.74, 6) is 0.160. The van der Waals surface area contributed by atoms with Crippen molar-refractivity contribution in [3.8, 4) is 22.8 Å². The number of benzene rings is 1. The van der Waals surface area contributed by atoms with Crippen LogP contribution in [-0.4, -0.2) is 77.2 Å². The highest BCUT2D eigenvalue weighted by Gasteiger charge is 2.25. The van der Waals surface area contributed by atoms with Crippen LogP contribution in [-0.2, 0) is 14.3 Å².